The van der Waals surface area contributed by atoms with Crippen molar-refractivity contribution in [1.82, 2.24) is 4.90 Å². The van der Waals surface area contributed by atoms with E-state index in [9.17, 15) is 9.90 Å². The van der Waals surface area contributed by atoms with Crippen LogP contribution in [-0.2, 0) is 0 Å². The van der Waals surface area contributed by atoms with Crippen molar-refractivity contribution in [3.8, 4) is 0 Å². The lowest BCUT2D eigenvalue weighted by Crippen LogP contribution is -2.48. The molecule has 0 radical (unpaired) electrons. The molecule has 0 saturated carbocycles. The number of nitrogens with two attached hydrogens (primary N) is 1. The van der Waals surface area contributed by atoms with Crippen molar-refractivity contribution in [2.75, 3.05) is 6.54 Å². The van der Waals surface area contributed by atoms with Crippen LogP contribution >= 0.6 is 0 Å². The predicted molar refractivity (Wildman–Crippen MR) is 54.5 cm³/mol. The van der Waals surface area contributed by atoms with Crippen molar-refractivity contribution in [1.29, 1.82) is 0 Å². The average molecular weight is 200 g/mol. The minimum atomic E-state index is -0.676. The molecule has 3 N–H and O–H groups in total. The molecule has 4 nitrogen and oxygen atoms in total. The maximum Gasteiger partial charge on any atom is 0.316 e. The van der Waals surface area contributed by atoms with Crippen molar-refractivity contribution in [2.24, 2.45) is 17.6 Å². The van der Waals surface area contributed by atoms with Crippen molar-refractivity contribution in [3.05, 3.63) is 0 Å². The monoisotopic (exact) mass is 200 g/mol. The molecule has 1 heterocycles. The lowest BCUT2D eigenvalue weighted by molar-refractivity contribution is -0.0158. The fourth-order valence-electron chi connectivity index (χ4n) is 2.15. The molecule has 0 aromatic heterocycles. The molecule has 82 valence electrons. The van der Waals surface area contributed by atoms with Gasteiger partial charge in [-0.05, 0) is 31.1 Å². The van der Waals surface area contributed by atoms with Crippen LogP contribution in [0.15, 0.2) is 0 Å². The predicted octanol–water partition coefficient (Wildman–Crippen LogP) is 1.14. The standard InChI is InChI=1S/C10H20N2O2/c1-7(2)5-8-3-4-12(10(11)14)9(13)6-8/h7-9,13H,3-6H2,1-2H3,(H2,11,14). The second-order valence-corrected chi connectivity index (χ2v) is 4.53. The van der Waals surface area contributed by atoms with Crippen molar-refractivity contribution >= 4 is 6.03 Å². The number of hydrogen-bond donors (Lipinski definition) is 2. The van der Waals surface area contributed by atoms with Crippen LogP contribution in [0, 0.1) is 11.8 Å². The Morgan fingerprint density at radius 2 is 2.29 bits per heavy atom. The van der Waals surface area contributed by atoms with E-state index in [4.69, 9.17) is 5.73 Å². The Morgan fingerprint density at radius 1 is 1.64 bits per heavy atom. The Balaban J connectivity index is 2.42. The fraction of sp³-hybridized carbons (Fsp3) is 0.900. The van der Waals surface area contributed by atoms with Crippen LogP contribution in [0.1, 0.15) is 33.1 Å². The Morgan fingerprint density at radius 3 is 2.71 bits per heavy atom. The number of piperidine rings is 1. The molecule has 1 aliphatic rings. The fourth-order valence-corrected chi connectivity index (χ4v) is 2.15. The van der Waals surface area contributed by atoms with E-state index in [0.29, 0.717) is 24.8 Å². The van der Waals surface area contributed by atoms with Gasteiger partial charge < -0.3 is 10.8 Å². The van der Waals surface area contributed by atoms with E-state index in [0.717, 1.165) is 12.8 Å². The molecule has 14 heavy (non-hydrogen) atoms. The summed E-state index contributed by atoms with van der Waals surface area (Å²) in [5.74, 6) is 1.17. The first-order valence-electron chi connectivity index (χ1n) is 5.24. The lowest BCUT2D eigenvalue weighted by Gasteiger charge is -2.35. The summed E-state index contributed by atoms with van der Waals surface area (Å²) in [7, 11) is 0. The molecule has 1 rings (SSSR count). The van der Waals surface area contributed by atoms with Gasteiger partial charge in [0, 0.05) is 6.54 Å². The number of primary amides is 1. The molecular weight excluding hydrogens is 180 g/mol. The lowest BCUT2D eigenvalue weighted by atomic mass is 9.88. The number of amides is 2. The molecule has 0 bridgehead atoms. The number of urea groups is 1. The van der Waals surface area contributed by atoms with Gasteiger partial charge in [-0.15, -0.1) is 0 Å². The molecule has 2 amide bonds. The van der Waals surface area contributed by atoms with E-state index in [1.165, 1.54) is 4.90 Å². The molecule has 0 aromatic carbocycles. The van der Waals surface area contributed by atoms with Gasteiger partial charge in [0.05, 0.1) is 0 Å². The van der Waals surface area contributed by atoms with E-state index >= 15 is 0 Å². The number of carbonyl (C=O) groups is 1. The largest absolute Gasteiger partial charge is 0.373 e. The van der Waals surface area contributed by atoms with Gasteiger partial charge in [-0.3, -0.25) is 4.90 Å². The van der Waals surface area contributed by atoms with Crippen LogP contribution in [0.2, 0.25) is 0 Å². The molecule has 1 saturated heterocycles. The van der Waals surface area contributed by atoms with E-state index in [-0.39, 0.29) is 0 Å². The summed E-state index contributed by atoms with van der Waals surface area (Å²) in [6.07, 6.45) is 2.06. The second-order valence-electron chi connectivity index (χ2n) is 4.53. The first kappa shape index (κ1) is 11.3. The van der Waals surface area contributed by atoms with Gasteiger partial charge in [-0.1, -0.05) is 13.8 Å². The van der Waals surface area contributed by atoms with E-state index in [2.05, 4.69) is 13.8 Å². The zero-order chi connectivity index (χ0) is 10.7. The third kappa shape index (κ3) is 2.87. The maximum absolute atomic E-state index is 10.9. The first-order valence-corrected chi connectivity index (χ1v) is 5.24. The van der Waals surface area contributed by atoms with Gasteiger partial charge in [0.25, 0.3) is 0 Å². The van der Waals surface area contributed by atoms with Gasteiger partial charge in [-0.2, -0.15) is 0 Å². The summed E-state index contributed by atoms with van der Waals surface area (Å²) >= 11 is 0. The van der Waals surface area contributed by atoms with Crippen molar-refractivity contribution in [2.45, 2.75) is 39.3 Å². The Labute approximate surface area is 85.1 Å². The third-order valence-corrected chi connectivity index (χ3v) is 2.77. The number of aliphatic hydroxyl groups excluding tert-OH is 1. The number of likely N-dealkylation sites (tertiary alicyclic amines) is 1. The quantitative estimate of drug-likeness (QED) is 0.702. The van der Waals surface area contributed by atoms with Crippen LogP contribution in [0.25, 0.3) is 0 Å². The Kier molecular flexibility index (Phi) is 3.75. The van der Waals surface area contributed by atoms with E-state index in [1.807, 2.05) is 0 Å². The molecule has 2 atom stereocenters. The molecule has 0 aromatic rings. The SMILES string of the molecule is CC(C)CC1CCN(C(N)=O)C(O)C1. The van der Waals surface area contributed by atoms with E-state index in [1.54, 1.807) is 0 Å². The molecular formula is C10H20N2O2. The zero-order valence-electron chi connectivity index (χ0n) is 8.94. The summed E-state index contributed by atoms with van der Waals surface area (Å²) in [4.78, 5) is 12.2. The number of rotatable bonds is 2. The van der Waals surface area contributed by atoms with Gasteiger partial charge in [0.1, 0.15) is 6.23 Å². The Hall–Kier alpha value is -0.770. The highest BCUT2D eigenvalue weighted by Gasteiger charge is 2.28. The molecule has 2 unspecified atom stereocenters. The highest BCUT2D eigenvalue weighted by Crippen LogP contribution is 2.26. The van der Waals surface area contributed by atoms with E-state index < -0.39 is 12.3 Å². The molecule has 4 heteroatoms. The highest BCUT2D eigenvalue weighted by molar-refractivity contribution is 5.72. The summed E-state index contributed by atoms with van der Waals surface area (Å²) < 4.78 is 0. The second kappa shape index (κ2) is 4.64. The molecule has 1 fully saturated rings. The molecule has 1 aliphatic heterocycles. The van der Waals surface area contributed by atoms with Gasteiger partial charge in [0.15, 0.2) is 0 Å². The van der Waals surface area contributed by atoms with Crippen LogP contribution in [0.4, 0.5) is 4.79 Å². The molecule has 0 spiro atoms. The third-order valence-electron chi connectivity index (χ3n) is 2.77. The maximum atomic E-state index is 10.9. The summed E-state index contributed by atoms with van der Waals surface area (Å²) in [6.45, 7) is 4.94. The normalized spacial score (nSPS) is 28.1. The van der Waals surface area contributed by atoms with Crippen LogP contribution < -0.4 is 5.73 Å². The number of hydrogen-bond acceptors (Lipinski definition) is 2. The number of nitrogens with zero attached hydrogens (tertiary/aromatic N) is 1. The minimum Gasteiger partial charge on any atom is -0.373 e. The summed E-state index contributed by atoms with van der Waals surface area (Å²) in [5, 5.41) is 9.65. The summed E-state index contributed by atoms with van der Waals surface area (Å²) in [6, 6.07) is -0.513. The van der Waals surface area contributed by atoms with Gasteiger partial charge >= 0.3 is 6.03 Å². The van der Waals surface area contributed by atoms with Crippen LogP contribution in [0.5, 0.6) is 0 Å². The Bertz CT molecular complexity index is 206. The highest BCUT2D eigenvalue weighted by atomic mass is 16.3. The first-order chi connectivity index (χ1) is 6.50. The van der Waals surface area contributed by atoms with Gasteiger partial charge in [-0.25, -0.2) is 4.79 Å². The number of aliphatic hydroxyl groups is 1. The van der Waals surface area contributed by atoms with Crippen LogP contribution in [-0.4, -0.2) is 28.8 Å². The van der Waals surface area contributed by atoms with Crippen molar-refractivity contribution < 1.29 is 9.90 Å². The summed E-state index contributed by atoms with van der Waals surface area (Å²) in [5.41, 5.74) is 5.13. The topological polar surface area (TPSA) is 66.6 Å². The average Bonchev–Trinajstić information content (AvgIpc) is 2.01. The minimum absolute atomic E-state index is 0.513. The molecule has 0 aliphatic carbocycles. The smallest absolute Gasteiger partial charge is 0.316 e. The number of carbonyl (C=O) groups excluding carboxylic acids is 1. The van der Waals surface area contributed by atoms with Crippen molar-refractivity contribution in [3.63, 3.8) is 0 Å². The van der Waals surface area contributed by atoms with Crippen LogP contribution in [0.3, 0.4) is 0 Å². The zero-order valence-corrected chi connectivity index (χ0v) is 8.94. The van der Waals surface area contributed by atoms with Gasteiger partial charge in [0.2, 0.25) is 0 Å².